The van der Waals surface area contributed by atoms with E-state index in [1.165, 1.54) is 24.3 Å². The van der Waals surface area contributed by atoms with Gasteiger partial charge in [0.2, 0.25) is 0 Å². The Hall–Kier alpha value is -1.98. The van der Waals surface area contributed by atoms with Crippen LogP contribution in [0.2, 0.25) is 0 Å². The van der Waals surface area contributed by atoms with E-state index in [4.69, 9.17) is 0 Å². The number of esters is 1. The van der Waals surface area contributed by atoms with E-state index in [2.05, 4.69) is 4.74 Å². The highest BCUT2D eigenvalue weighted by atomic mass is 19.3. The summed E-state index contributed by atoms with van der Waals surface area (Å²) in [5.41, 5.74) is -0.294. The normalized spacial score (nSPS) is 11.7. The average Bonchev–Trinajstić information content (AvgIpc) is 2.16. The topological polar surface area (TPSA) is 46.5 Å². The van der Waals surface area contributed by atoms with Crippen LogP contribution in [0, 0.1) is 0 Å². The predicted octanol–water partition coefficient (Wildman–Crippen LogP) is 2.63. The molecule has 86 valence electrons. The first-order valence-corrected chi connectivity index (χ1v) is 4.16. The fraction of sp³-hybridized carbons (Fsp3) is 0.100. The first kappa shape index (κ1) is 12.1. The summed E-state index contributed by atoms with van der Waals surface area (Å²) in [6.07, 6.45) is -4.99. The lowest BCUT2D eigenvalue weighted by Gasteiger charge is -2.06. The minimum atomic E-state index is -2.54. The summed E-state index contributed by atoms with van der Waals surface area (Å²) in [6.45, 7) is 0. The number of carbonyl (C=O) groups excluding carboxylic acids is 1. The van der Waals surface area contributed by atoms with Crippen molar-refractivity contribution in [2.24, 2.45) is 0 Å². The lowest BCUT2D eigenvalue weighted by atomic mass is 10.2. The van der Waals surface area contributed by atoms with Crippen LogP contribution in [0.5, 0.6) is 5.75 Å². The Morgan fingerprint density at radius 3 is 2.56 bits per heavy atom. The molecule has 0 spiro atoms. The molecule has 0 fully saturated rings. The molecule has 0 aliphatic rings. The predicted molar refractivity (Wildman–Crippen MR) is 48.7 cm³/mol. The molecule has 0 heterocycles. The number of alkyl halides is 1. The molecule has 3 nitrogen and oxygen atoms in total. The van der Waals surface area contributed by atoms with Crippen LogP contribution in [-0.2, 0) is 4.74 Å². The number of ether oxygens (including phenoxy) is 1. The summed E-state index contributed by atoms with van der Waals surface area (Å²) in [7, 11) is 0. The highest BCUT2D eigenvalue weighted by molar-refractivity contribution is 5.92. The number of para-hydroxylation sites is 1. The molecule has 1 aromatic rings. The number of hydrogen-bond donors (Lipinski definition) is 1. The molecule has 1 atom stereocenters. The van der Waals surface area contributed by atoms with Gasteiger partial charge in [0.15, 0.2) is 0 Å². The van der Waals surface area contributed by atoms with Gasteiger partial charge < -0.3 is 9.84 Å². The zero-order valence-electron chi connectivity index (χ0n) is 7.86. The Morgan fingerprint density at radius 2 is 2.00 bits per heavy atom. The lowest BCUT2D eigenvalue weighted by molar-refractivity contribution is 0.00480. The van der Waals surface area contributed by atoms with Crippen LogP contribution in [-0.4, -0.2) is 17.4 Å². The van der Waals surface area contributed by atoms with E-state index in [0.717, 1.165) is 0 Å². The molecule has 0 saturated carbocycles. The third-order valence-corrected chi connectivity index (χ3v) is 1.60. The molecule has 0 bridgehead atoms. The van der Waals surface area contributed by atoms with Crippen molar-refractivity contribution >= 4 is 5.97 Å². The van der Waals surface area contributed by atoms with Crippen molar-refractivity contribution in [3.63, 3.8) is 0 Å². The Kier molecular flexibility index (Phi) is 3.93. The number of aromatic hydroxyl groups is 1. The minimum absolute atomic E-state index is 0.155. The molecule has 1 aromatic carbocycles. The number of halogens is 3. The molecule has 0 amide bonds. The molecule has 1 rings (SSSR count). The third kappa shape index (κ3) is 3.30. The average molecular weight is 232 g/mol. The quantitative estimate of drug-likeness (QED) is 0.815. The van der Waals surface area contributed by atoms with Crippen LogP contribution in [0.3, 0.4) is 0 Å². The number of hydrogen-bond acceptors (Lipinski definition) is 3. The highest BCUT2D eigenvalue weighted by Crippen LogP contribution is 2.18. The van der Waals surface area contributed by atoms with Gasteiger partial charge in [-0.25, -0.2) is 4.79 Å². The molecule has 16 heavy (non-hydrogen) atoms. The van der Waals surface area contributed by atoms with Gasteiger partial charge in [-0.2, -0.15) is 13.2 Å². The van der Waals surface area contributed by atoms with Crippen LogP contribution in [0.15, 0.2) is 36.4 Å². The molecular weight excluding hydrogens is 225 g/mol. The van der Waals surface area contributed by atoms with Crippen molar-refractivity contribution in [2.45, 2.75) is 6.36 Å². The zero-order chi connectivity index (χ0) is 12.1. The van der Waals surface area contributed by atoms with Crippen molar-refractivity contribution < 1.29 is 27.8 Å². The van der Waals surface area contributed by atoms with Crippen LogP contribution >= 0.6 is 0 Å². The highest BCUT2D eigenvalue weighted by Gasteiger charge is 2.16. The number of carbonyl (C=O) groups is 1. The van der Waals surface area contributed by atoms with Gasteiger partial charge in [-0.15, -0.1) is 0 Å². The molecule has 1 unspecified atom stereocenters. The van der Waals surface area contributed by atoms with Gasteiger partial charge in [0.05, 0.1) is 6.08 Å². The Bertz CT molecular complexity index is 414. The van der Waals surface area contributed by atoms with Gasteiger partial charge in [0, 0.05) is 0 Å². The van der Waals surface area contributed by atoms with Gasteiger partial charge in [-0.1, -0.05) is 12.1 Å². The fourth-order valence-corrected chi connectivity index (χ4v) is 0.945. The summed E-state index contributed by atoms with van der Waals surface area (Å²) >= 11 is 0. The van der Waals surface area contributed by atoms with Gasteiger partial charge in [-0.3, -0.25) is 0 Å². The summed E-state index contributed by atoms with van der Waals surface area (Å²) in [6, 6.07) is 5.23. The van der Waals surface area contributed by atoms with E-state index < -0.39 is 24.2 Å². The van der Waals surface area contributed by atoms with Gasteiger partial charge >= 0.3 is 5.97 Å². The second-order valence-corrected chi connectivity index (χ2v) is 2.73. The van der Waals surface area contributed by atoms with Crippen molar-refractivity contribution in [2.75, 3.05) is 0 Å². The molecule has 0 aliphatic heterocycles. The molecule has 0 radical (unpaired) electrons. The molecule has 0 saturated heterocycles. The number of phenols is 1. The van der Waals surface area contributed by atoms with Gasteiger partial charge in [-0.05, 0) is 12.1 Å². The Labute approximate surface area is 88.8 Å². The van der Waals surface area contributed by atoms with Crippen molar-refractivity contribution in [1.29, 1.82) is 0 Å². The first-order valence-electron chi connectivity index (χ1n) is 4.16. The SMILES string of the molecule is O=C(OC(F)C=C(F)F)c1ccccc1O. The maximum absolute atomic E-state index is 12.6. The maximum atomic E-state index is 12.6. The molecule has 6 heteroatoms. The summed E-state index contributed by atoms with van der Waals surface area (Å²) in [4.78, 5) is 11.2. The zero-order valence-corrected chi connectivity index (χ0v) is 7.86. The summed E-state index contributed by atoms with van der Waals surface area (Å²) in [5, 5.41) is 9.19. The smallest absolute Gasteiger partial charge is 0.344 e. The molecule has 1 N–H and O–H groups in total. The Balaban J connectivity index is 2.74. The van der Waals surface area contributed by atoms with Crippen molar-refractivity contribution in [3.8, 4) is 5.75 Å². The van der Waals surface area contributed by atoms with Crippen LogP contribution in [0.4, 0.5) is 13.2 Å². The maximum Gasteiger partial charge on any atom is 0.344 e. The fourth-order valence-electron chi connectivity index (χ4n) is 0.945. The summed E-state index contributed by atoms with van der Waals surface area (Å²) in [5.74, 6) is -1.63. The van der Waals surface area contributed by atoms with Crippen LogP contribution in [0.25, 0.3) is 0 Å². The third-order valence-electron chi connectivity index (χ3n) is 1.60. The van der Waals surface area contributed by atoms with E-state index in [9.17, 15) is 23.1 Å². The van der Waals surface area contributed by atoms with Crippen molar-refractivity contribution in [1.82, 2.24) is 0 Å². The molecule has 0 aliphatic carbocycles. The number of rotatable bonds is 3. The van der Waals surface area contributed by atoms with E-state index in [1.54, 1.807) is 0 Å². The summed E-state index contributed by atoms with van der Waals surface area (Å²) < 4.78 is 39.8. The minimum Gasteiger partial charge on any atom is -0.507 e. The monoisotopic (exact) mass is 232 g/mol. The largest absolute Gasteiger partial charge is 0.507 e. The molecule has 0 aromatic heterocycles. The van der Waals surface area contributed by atoms with E-state index >= 15 is 0 Å². The van der Waals surface area contributed by atoms with E-state index in [0.29, 0.717) is 0 Å². The van der Waals surface area contributed by atoms with Crippen LogP contribution in [0.1, 0.15) is 10.4 Å². The second-order valence-electron chi connectivity index (χ2n) is 2.73. The van der Waals surface area contributed by atoms with Gasteiger partial charge in [0.25, 0.3) is 12.4 Å². The van der Waals surface area contributed by atoms with Crippen LogP contribution < -0.4 is 0 Å². The van der Waals surface area contributed by atoms with E-state index in [-0.39, 0.29) is 11.6 Å². The molecular formula is C10H7F3O3. The standard InChI is InChI=1S/C10H7F3O3/c11-8(12)5-9(13)16-10(15)6-3-1-2-4-7(6)14/h1-5,9,14H. The number of phenolic OH excluding ortho intramolecular Hbond substituents is 1. The Morgan fingerprint density at radius 1 is 1.38 bits per heavy atom. The lowest BCUT2D eigenvalue weighted by Crippen LogP contribution is -2.12. The van der Waals surface area contributed by atoms with Gasteiger partial charge in [0.1, 0.15) is 11.3 Å². The number of benzene rings is 1. The second kappa shape index (κ2) is 5.20. The first-order chi connectivity index (χ1) is 7.50. The van der Waals surface area contributed by atoms with E-state index in [1.807, 2.05) is 0 Å². The van der Waals surface area contributed by atoms with Crippen molar-refractivity contribution in [3.05, 3.63) is 42.0 Å².